The van der Waals surface area contributed by atoms with Gasteiger partial charge in [0, 0.05) is 50.0 Å². The van der Waals surface area contributed by atoms with Gasteiger partial charge >= 0.3 is 0 Å². The van der Waals surface area contributed by atoms with Crippen LogP contribution in [-0.4, -0.2) is 54.8 Å². The van der Waals surface area contributed by atoms with Gasteiger partial charge in [-0.2, -0.15) is 5.10 Å². The van der Waals surface area contributed by atoms with Crippen LogP contribution < -0.4 is 0 Å². The van der Waals surface area contributed by atoms with Gasteiger partial charge in [0.2, 0.25) is 0 Å². The van der Waals surface area contributed by atoms with E-state index >= 15 is 0 Å². The van der Waals surface area contributed by atoms with Crippen LogP contribution >= 0.6 is 0 Å². The number of hydrogen-bond acceptors (Lipinski definition) is 4. The summed E-state index contributed by atoms with van der Waals surface area (Å²) in [6, 6.07) is 4.01. The summed E-state index contributed by atoms with van der Waals surface area (Å²) in [7, 11) is 0. The standard InChI is InChI=1S/C19H23N5O2/c1-13(2)24-9-15(5-21-24)18-10-22(8-16(18)11-25)19(26)14-3-4-17-6-20-12-23(17)7-14/h3-7,9,12-13,16,18,25H,8,10-11H2,1-2H3/t16-,18-/m0/s1. The third-order valence-corrected chi connectivity index (χ3v) is 5.20. The third-order valence-electron chi connectivity index (χ3n) is 5.20. The summed E-state index contributed by atoms with van der Waals surface area (Å²) < 4.78 is 3.76. The summed E-state index contributed by atoms with van der Waals surface area (Å²) in [4.78, 5) is 18.9. The fourth-order valence-electron chi connectivity index (χ4n) is 3.66. The fraction of sp³-hybridized carbons (Fsp3) is 0.421. The third kappa shape index (κ3) is 2.88. The zero-order valence-electron chi connectivity index (χ0n) is 15.0. The van der Waals surface area contributed by atoms with Gasteiger partial charge in [-0.1, -0.05) is 0 Å². The highest BCUT2D eigenvalue weighted by Gasteiger charge is 2.36. The van der Waals surface area contributed by atoms with Gasteiger partial charge in [0.1, 0.15) is 0 Å². The molecular weight excluding hydrogens is 330 g/mol. The molecule has 0 unspecified atom stereocenters. The van der Waals surface area contributed by atoms with E-state index < -0.39 is 0 Å². The van der Waals surface area contributed by atoms with E-state index in [0.717, 1.165) is 11.1 Å². The lowest BCUT2D eigenvalue weighted by molar-refractivity contribution is 0.0781. The van der Waals surface area contributed by atoms with E-state index in [1.165, 1.54) is 0 Å². The summed E-state index contributed by atoms with van der Waals surface area (Å²) >= 11 is 0. The molecule has 1 aliphatic rings. The van der Waals surface area contributed by atoms with Crippen LogP contribution in [0, 0.1) is 5.92 Å². The van der Waals surface area contributed by atoms with Gasteiger partial charge in [0.15, 0.2) is 0 Å². The number of hydrogen-bond donors (Lipinski definition) is 1. The lowest BCUT2D eigenvalue weighted by Gasteiger charge is -2.16. The van der Waals surface area contributed by atoms with Crippen molar-refractivity contribution in [2.45, 2.75) is 25.8 Å². The zero-order chi connectivity index (χ0) is 18.3. The lowest BCUT2D eigenvalue weighted by Crippen LogP contribution is -2.29. The average Bonchev–Trinajstić information content (AvgIpc) is 3.37. The highest BCUT2D eigenvalue weighted by atomic mass is 16.3. The molecule has 0 bridgehead atoms. The van der Waals surface area contributed by atoms with E-state index in [0.29, 0.717) is 18.7 Å². The molecule has 136 valence electrons. The van der Waals surface area contributed by atoms with Crippen LogP contribution in [0.4, 0.5) is 0 Å². The molecule has 3 aromatic heterocycles. The fourth-order valence-corrected chi connectivity index (χ4v) is 3.66. The molecular formula is C19H23N5O2. The molecule has 1 amide bonds. The minimum atomic E-state index is -0.0159. The van der Waals surface area contributed by atoms with E-state index in [1.807, 2.05) is 44.7 Å². The van der Waals surface area contributed by atoms with Gasteiger partial charge < -0.3 is 14.4 Å². The van der Waals surface area contributed by atoms with Crippen LogP contribution in [0.2, 0.25) is 0 Å². The molecule has 1 N–H and O–H groups in total. The van der Waals surface area contributed by atoms with Crippen LogP contribution in [0.3, 0.4) is 0 Å². The van der Waals surface area contributed by atoms with Crippen molar-refractivity contribution in [3.8, 4) is 0 Å². The summed E-state index contributed by atoms with van der Waals surface area (Å²) in [5.74, 6) is 0.118. The molecule has 0 radical (unpaired) electrons. The molecule has 3 aromatic rings. The average molecular weight is 353 g/mol. The Morgan fingerprint density at radius 1 is 1.27 bits per heavy atom. The monoisotopic (exact) mass is 353 g/mol. The summed E-state index contributed by atoms with van der Waals surface area (Å²) in [6.45, 7) is 5.36. The molecule has 4 heterocycles. The van der Waals surface area contributed by atoms with Crippen molar-refractivity contribution < 1.29 is 9.90 Å². The highest BCUT2D eigenvalue weighted by Crippen LogP contribution is 2.33. The number of imidazole rings is 1. The smallest absolute Gasteiger partial charge is 0.255 e. The molecule has 0 spiro atoms. The Morgan fingerprint density at radius 3 is 2.85 bits per heavy atom. The number of likely N-dealkylation sites (tertiary alicyclic amines) is 1. The van der Waals surface area contributed by atoms with E-state index in [1.54, 1.807) is 12.5 Å². The topological polar surface area (TPSA) is 75.7 Å². The first-order chi connectivity index (χ1) is 12.6. The van der Waals surface area contributed by atoms with Crippen LogP contribution in [0.25, 0.3) is 5.52 Å². The van der Waals surface area contributed by atoms with Crippen LogP contribution in [0.5, 0.6) is 0 Å². The van der Waals surface area contributed by atoms with Gasteiger partial charge in [-0.15, -0.1) is 0 Å². The van der Waals surface area contributed by atoms with Gasteiger partial charge in [-0.25, -0.2) is 4.98 Å². The minimum Gasteiger partial charge on any atom is -0.396 e. The summed E-state index contributed by atoms with van der Waals surface area (Å²) in [6.07, 6.45) is 9.15. The number of amides is 1. The van der Waals surface area contributed by atoms with E-state index in [4.69, 9.17) is 0 Å². The van der Waals surface area contributed by atoms with Crippen molar-refractivity contribution in [3.63, 3.8) is 0 Å². The number of fused-ring (bicyclic) bond motifs is 1. The Balaban J connectivity index is 1.56. The predicted octanol–water partition coefficient (Wildman–Crippen LogP) is 1.96. The second-order valence-electron chi connectivity index (χ2n) is 7.25. The predicted molar refractivity (Wildman–Crippen MR) is 97.0 cm³/mol. The second kappa shape index (κ2) is 6.57. The summed E-state index contributed by atoms with van der Waals surface area (Å²) in [5, 5.41) is 14.2. The van der Waals surface area contributed by atoms with Gasteiger partial charge in [0.05, 0.1) is 29.8 Å². The Bertz CT molecular complexity index is 929. The number of carbonyl (C=O) groups excluding carboxylic acids is 1. The molecule has 0 aliphatic carbocycles. The molecule has 7 heteroatoms. The Kier molecular flexibility index (Phi) is 4.24. The Labute approximate surface area is 151 Å². The SMILES string of the molecule is CC(C)n1cc([C@@H]2CN(C(=O)c3ccc4cncn4c3)C[C@H]2CO)cn1. The van der Waals surface area contributed by atoms with Crippen LogP contribution in [0.1, 0.15) is 41.7 Å². The highest BCUT2D eigenvalue weighted by molar-refractivity contribution is 5.94. The molecule has 7 nitrogen and oxygen atoms in total. The second-order valence-corrected chi connectivity index (χ2v) is 7.25. The van der Waals surface area contributed by atoms with Gasteiger partial charge in [0.25, 0.3) is 5.91 Å². The van der Waals surface area contributed by atoms with Crippen molar-refractivity contribution in [2.75, 3.05) is 19.7 Å². The van der Waals surface area contributed by atoms with Crippen LogP contribution in [-0.2, 0) is 0 Å². The number of aromatic nitrogens is 4. The van der Waals surface area contributed by atoms with Crippen molar-refractivity contribution in [2.24, 2.45) is 5.92 Å². The molecule has 1 fully saturated rings. The quantitative estimate of drug-likeness (QED) is 0.778. The Hall–Kier alpha value is -2.67. The van der Waals surface area contributed by atoms with Gasteiger partial charge in [-0.05, 0) is 31.5 Å². The Morgan fingerprint density at radius 2 is 2.12 bits per heavy atom. The van der Waals surface area contributed by atoms with E-state index in [9.17, 15) is 9.90 Å². The molecule has 1 aliphatic heterocycles. The van der Waals surface area contributed by atoms with Crippen LogP contribution in [0.15, 0.2) is 43.2 Å². The largest absolute Gasteiger partial charge is 0.396 e. The number of aliphatic hydroxyl groups is 1. The molecule has 0 aromatic carbocycles. The van der Waals surface area contributed by atoms with Crippen molar-refractivity contribution >= 4 is 11.4 Å². The number of rotatable bonds is 4. The lowest BCUT2D eigenvalue weighted by atomic mass is 9.92. The van der Waals surface area contributed by atoms with E-state index in [2.05, 4.69) is 23.9 Å². The summed E-state index contributed by atoms with van der Waals surface area (Å²) in [5.41, 5.74) is 2.67. The van der Waals surface area contributed by atoms with Crippen molar-refractivity contribution in [3.05, 3.63) is 54.4 Å². The van der Waals surface area contributed by atoms with Gasteiger partial charge in [-0.3, -0.25) is 9.48 Å². The zero-order valence-corrected chi connectivity index (χ0v) is 15.0. The molecule has 2 atom stereocenters. The first-order valence-corrected chi connectivity index (χ1v) is 8.92. The minimum absolute atomic E-state index is 0.0159. The molecule has 26 heavy (non-hydrogen) atoms. The first kappa shape index (κ1) is 16.8. The number of pyridine rings is 1. The number of nitrogens with zero attached hydrogens (tertiary/aromatic N) is 5. The molecule has 1 saturated heterocycles. The van der Waals surface area contributed by atoms with Crippen molar-refractivity contribution in [1.29, 1.82) is 0 Å². The van der Waals surface area contributed by atoms with E-state index in [-0.39, 0.29) is 30.4 Å². The normalized spacial score (nSPS) is 20.4. The molecule has 0 saturated carbocycles. The maximum absolute atomic E-state index is 13.0. The maximum Gasteiger partial charge on any atom is 0.255 e. The maximum atomic E-state index is 13.0. The first-order valence-electron chi connectivity index (χ1n) is 8.92. The van der Waals surface area contributed by atoms with Crippen molar-refractivity contribution in [1.82, 2.24) is 24.1 Å². The number of aliphatic hydroxyl groups excluding tert-OH is 1. The molecule has 4 rings (SSSR count). The number of carbonyl (C=O) groups is 1.